The van der Waals surface area contributed by atoms with E-state index >= 15 is 0 Å². The lowest BCUT2D eigenvalue weighted by atomic mass is 10.0. The molecule has 0 spiro atoms. The number of hydrogen-bond donors (Lipinski definition) is 3. The zero-order valence-electron chi connectivity index (χ0n) is 44.6. The number of phosphoric ester groups is 1. The van der Waals surface area contributed by atoms with Gasteiger partial charge in [0.05, 0.1) is 39.9 Å². The number of allylic oxidation sites excluding steroid dienone is 9. The SMILES string of the molecule is CCCCCCCCCC/C=C/CC/C=C/CC/C=C/C(O)C(COP(=O)(O)OCC[N+](C)(C)C)NC(=O)CCCCCCCCCCCCC/C=C\C/C=C\CCCCCCCCCCC. The van der Waals surface area contributed by atoms with Gasteiger partial charge >= 0.3 is 7.82 Å². The molecule has 0 fully saturated rings. The number of rotatable bonds is 51. The number of amides is 1. The molecule has 0 rings (SSSR count). The third-order valence-electron chi connectivity index (χ3n) is 12.4. The van der Waals surface area contributed by atoms with Crippen LogP contribution in [0.25, 0.3) is 0 Å². The first-order chi connectivity index (χ1) is 32.5. The standard InChI is InChI=1S/C58H109N2O6P/c1-6-8-10-12-14-16-18-20-22-24-26-27-28-29-30-31-32-33-34-36-38-40-42-44-46-48-50-52-58(62)59-56(55-66-67(63,64)65-54-53-60(3,4)5)57(61)51-49-47-45-43-41-39-37-35-25-23-21-19-17-15-13-11-9-7-2/h25-27,29-30,35,41,43,49,51,56-57,61H,6-24,28,31-34,36-40,42,44-48,50,52-55H2,1-5H3,(H-,59,62,63,64)/p+1/b27-26-,30-29-,35-25+,43-41+,51-49+. The number of nitrogens with zero attached hydrogens (tertiary/aromatic N) is 1. The van der Waals surface area contributed by atoms with E-state index in [4.69, 9.17) is 9.05 Å². The molecule has 0 radical (unpaired) electrons. The van der Waals surface area contributed by atoms with Crippen molar-refractivity contribution in [2.24, 2.45) is 0 Å². The Morgan fingerprint density at radius 3 is 1.28 bits per heavy atom. The minimum atomic E-state index is -4.36. The van der Waals surface area contributed by atoms with Crippen LogP contribution in [0.1, 0.15) is 251 Å². The summed E-state index contributed by atoms with van der Waals surface area (Å²) in [5.41, 5.74) is 0. The number of aliphatic hydroxyl groups is 1. The van der Waals surface area contributed by atoms with E-state index in [-0.39, 0.29) is 19.1 Å². The Labute approximate surface area is 415 Å². The number of quaternary nitrogens is 1. The van der Waals surface area contributed by atoms with Crippen LogP contribution in [0.5, 0.6) is 0 Å². The van der Waals surface area contributed by atoms with Crippen molar-refractivity contribution in [1.29, 1.82) is 0 Å². The van der Waals surface area contributed by atoms with Crippen LogP contribution in [0.4, 0.5) is 0 Å². The zero-order chi connectivity index (χ0) is 49.2. The van der Waals surface area contributed by atoms with Crippen LogP contribution in [0.3, 0.4) is 0 Å². The first-order valence-corrected chi connectivity index (χ1v) is 29.7. The van der Waals surface area contributed by atoms with Crippen molar-refractivity contribution in [2.75, 3.05) is 40.9 Å². The number of carbonyl (C=O) groups excluding carboxylic acids is 1. The van der Waals surface area contributed by atoms with E-state index in [2.05, 4.69) is 67.8 Å². The van der Waals surface area contributed by atoms with Crippen molar-refractivity contribution in [3.63, 3.8) is 0 Å². The molecule has 3 unspecified atom stereocenters. The molecule has 8 nitrogen and oxygen atoms in total. The summed E-state index contributed by atoms with van der Waals surface area (Å²) in [6.07, 6.45) is 66.1. The van der Waals surface area contributed by atoms with Crippen LogP contribution in [-0.4, -0.2) is 73.4 Å². The van der Waals surface area contributed by atoms with E-state index in [1.54, 1.807) is 6.08 Å². The second kappa shape index (κ2) is 49.2. The third kappa shape index (κ3) is 51.9. The van der Waals surface area contributed by atoms with Gasteiger partial charge in [0.25, 0.3) is 0 Å². The molecule has 0 saturated heterocycles. The maximum Gasteiger partial charge on any atom is 0.472 e. The molecule has 0 aromatic carbocycles. The average Bonchev–Trinajstić information content (AvgIpc) is 3.29. The molecule has 0 aliphatic rings. The van der Waals surface area contributed by atoms with Crippen molar-refractivity contribution in [1.82, 2.24) is 5.32 Å². The summed E-state index contributed by atoms with van der Waals surface area (Å²) in [5, 5.41) is 13.9. The molecule has 0 aliphatic heterocycles. The second-order valence-corrected chi connectivity index (χ2v) is 21.7. The summed E-state index contributed by atoms with van der Waals surface area (Å²) < 4.78 is 23.7. The van der Waals surface area contributed by atoms with Gasteiger partial charge in [0.1, 0.15) is 13.2 Å². The van der Waals surface area contributed by atoms with Crippen LogP contribution in [0.2, 0.25) is 0 Å². The Hall–Kier alpha value is -1.80. The maximum atomic E-state index is 13.0. The van der Waals surface area contributed by atoms with E-state index in [0.717, 1.165) is 51.4 Å². The lowest BCUT2D eigenvalue weighted by molar-refractivity contribution is -0.870. The highest BCUT2D eigenvalue weighted by Gasteiger charge is 2.27. The summed E-state index contributed by atoms with van der Waals surface area (Å²) in [6.45, 7) is 4.79. The summed E-state index contributed by atoms with van der Waals surface area (Å²) in [7, 11) is 1.54. The predicted octanol–water partition coefficient (Wildman–Crippen LogP) is 16.9. The molecule has 0 aromatic rings. The lowest BCUT2D eigenvalue weighted by Crippen LogP contribution is -2.45. The van der Waals surface area contributed by atoms with Crippen LogP contribution >= 0.6 is 7.82 Å². The lowest BCUT2D eigenvalue weighted by Gasteiger charge is -2.25. The molecular formula is C58H110N2O6P+. The highest BCUT2D eigenvalue weighted by Crippen LogP contribution is 2.43. The fourth-order valence-electron chi connectivity index (χ4n) is 7.99. The van der Waals surface area contributed by atoms with Crippen LogP contribution in [0.15, 0.2) is 60.8 Å². The number of unbranched alkanes of at least 4 members (excludes halogenated alkanes) is 30. The number of hydrogen-bond acceptors (Lipinski definition) is 5. The van der Waals surface area contributed by atoms with Gasteiger partial charge in [-0.05, 0) is 77.0 Å². The minimum absolute atomic E-state index is 0.0515. The minimum Gasteiger partial charge on any atom is -0.387 e. The van der Waals surface area contributed by atoms with Crippen molar-refractivity contribution in [3.8, 4) is 0 Å². The Balaban J connectivity index is 4.26. The first kappa shape index (κ1) is 65.2. The van der Waals surface area contributed by atoms with Crippen LogP contribution in [-0.2, 0) is 18.4 Å². The molecule has 3 N–H and O–H groups in total. The summed E-state index contributed by atoms with van der Waals surface area (Å²) in [6, 6.07) is -0.873. The number of phosphoric acid groups is 1. The monoisotopic (exact) mass is 962 g/mol. The van der Waals surface area contributed by atoms with Crippen LogP contribution < -0.4 is 5.32 Å². The Morgan fingerprint density at radius 2 is 0.866 bits per heavy atom. The van der Waals surface area contributed by atoms with E-state index in [1.165, 1.54) is 180 Å². The normalized spacial score (nSPS) is 14.4. The van der Waals surface area contributed by atoms with Gasteiger partial charge in [-0.3, -0.25) is 13.8 Å². The molecule has 3 atom stereocenters. The Kier molecular flexibility index (Phi) is 47.9. The summed E-state index contributed by atoms with van der Waals surface area (Å²) in [4.78, 5) is 23.3. The quantitative estimate of drug-likeness (QED) is 0.0243. The number of carbonyl (C=O) groups is 1. The van der Waals surface area contributed by atoms with Crippen molar-refractivity contribution in [3.05, 3.63) is 60.8 Å². The Morgan fingerprint density at radius 1 is 0.507 bits per heavy atom. The molecule has 1 amide bonds. The Bertz CT molecular complexity index is 1270. The number of aliphatic hydroxyl groups excluding tert-OH is 1. The van der Waals surface area contributed by atoms with Gasteiger partial charge in [0.2, 0.25) is 5.91 Å². The van der Waals surface area contributed by atoms with Gasteiger partial charge in [-0.25, -0.2) is 4.57 Å². The van der Waals surface area contributed by atoms with E-state index in [9.17, 15) is 19.4 Å². The second-order valence-electron chi connectivity index (χ2n) is 20.3. The summed E-state index contributed by atoms with van der Waals surface area (Å²) in [5.74, 6) is -0.193. The molecule has 67 heavy (non-hydrogen) atoms. The van der Waals surface area contributed by atoms with Gasteiger partial charge in [-0.1, -0.05) is 229 Å². The third-order valence-corrected chi connectivity index (χ3v) is 13.4. The van der Waals surface area contributed by atoms with Gasteiger partial charge in [-0.15, -0.1) is 0 Å². The zero-order valence-corrected chi connectivity index (χ0v) is 45.5. The first-order valence-electron chi connectivity index (χ1n) is 28.2. The predicted molar refractivity (Wildman–Crippen MR) is 290 cm³/mol. The van der Waals surface area contributed by atoms with Crippen molar-refractivity contribution < 1.29 is 32.9 Å². The fraction of sp³-hybridized carbons (Fsp3) is 0.810. The maximum absolute atomic E-state index is 13.0. The van der Waals surface area contributed by atoms with Gasteiger partial charge in [0.15, 0.2) is 0 Å². The number of nitrogens with one attached hydrogen (secondary N) is 1. The molecule has 0 heterocycles. The molecule has 0 aromatic heterocycles. The number of likely N-dealkylation sites (N-methyl/N-ethyl adjacent to an activating group) is 1. The van der Waals surface area contributed by atoms with Crippen molar-refractivity contribution in [2.45, 2.75) is 264 Å². The highest BCUT2D eigenvalue weighted by atomic mass is 31.2. The van der Waals surface area contributed by atoms with E-state index < -0.39 is 20.0 Å². The fourth-order valence-corrected chi connectivity index (χ4v) is 8.72. The molecular weight excluding hydrogens is 852 g/mol. The summed E-state index contributed by atoms with van der Waals surface area (Å²) >= 11 is 0. The van der Waals surface area contributed by atoms with Gasteiger partial charge < -0.3 is 19.8 Å². The van der Waals surface area contributed by atoms with Crippen molar-refractivity contribution >= 4 is 13.7 Å². The molecule has 0 aliphatic carbocycles. The average molecular weight is 962 g/mol. The topological polar surface area (TPSA) is 105 Å². The van der Waals surface area contributed by atoms with E-state index in [0.29, 0.717) is 17.4 Å². The highest BCUT2D eigenvalue weighted by molar-refractivity contribution is 7.47. The molecule has 0 bridgehead atoms. The molecule has 9 heteroatoms. The smallest absolute Gasteiger partial charge is 0.387 e. The molecule has 392 valence electrons. The van der Waals surface area contributed by atoms with E-state index in [1.807, 2.05) is 27.2 Å². The van der Waals surface area contributed by atoms with Crippen LogP contribution in [0, 0.1) is 0 Å². The molecule has 0 saturated carbocycles. The largest absolute Gasteiger partial charge is 0.472 e. The van der Waals surface area contributed by atoms with Gasteiger partial charge in [-0.2, -0.15) is 0 Å². The van der Waals surface area contributed by atoms with Gasteiger partial charge in [0, 0.05) is 6.42 Å².